The molecule has 182 valence electrons. The minimum atomic E-state index is 0.282. The van der Waals surface area contributed by atoms with Gasteiger partial charge in [-0.2, -0.15) is 0 Å². The van der Waals surface area contributed by atoms with Gasteiger partial charge < -0.3 is 5.11 Å². The van der Waals surface area contributed by atoms with Crippen molar-refractivity contribution in [3.63, 3.8) is 0 Å². The molecule has 2 unspecified atom stereocenters. The van der Waals surface area contributed by atoms with Gasteiger partial charge in [0.05, 0.1) is 19.4 Å². The van der Waals surface area contributed by atoms with E-state index in [1.165, 1.54) is 116 Å². The third kappa shape index (κ3) is 13.5. The molecule has 0 aliphatic carbocycles. The number of hydrogen-bond donors (Lipinski definition) is 1. The maximum Gasteiger partial charge on any atom is 0.182 e. The molecule has 31 heavy (non-hydrogen) atoms. The highest BCUT2D eigenvalue weighted by Gasteiger charge is 2.36. The second-order valence-corrected chi connectivity index (χ2v) is 9.76. The van der Waals surface area contributed by atoms with Gasteiger partial charge in [-0.3, -0.25) is 4.48 Å². The van der Waals surface area contributed by atoms with Crippen LogP contribution in [0.15, 0.2) is 17.1 Å². The van der Waals surface area contributed by atoms with Gasteiger partial charge >= 0.3 is 0 Å². The molecule has 1 N–H and O–H groups in total. The highest BCUT2D eigenvalue weighted by molar-refractivity contribution is 5.60. The maximum atomic E-state index is 9.40. The van der Waals surface area contributed by atoms with E-state index in [0.29, 0.717) is 6.17 Å². The maximum absolute atomic E-state index is 9.40. The van der Waals surface area contributed by atoms with Crippen LogP contribution in [0.4, 0.5) is 0 Å². The molecule has 3 nitrogen and oxygen atoms in total. The molecule has 0 aromatic heterocycles. The number of nitrogens with zero attached hydrogens (tertiary/aromatic N) is 2. The second kappa shape index (κ2) is 20.0. The summed E-state index contributed by atoms with van der Waals surface area (Å²) in [6.45, 7) is 7.75. The molecule has 0 aromatic rings. The summed E-state index contributed by atoms with van der Waals surface area (Å²) in [5.74, 6) is 0. The van der Waals surface area contributed by atoms with Crippen molar-refractivity contribution < 1.29 is 9.59 Å². The lowest BCUT2D eigenvalue weighted by molar-refractivity contribution is -0.936. The Balaban J connectivity index is 1.82. The smallest absolute Gasteiger partial charge is 0.182 e. The summed E-state index contributed by atoms with van der Waals surface area (Å²) in [5, 5.41) is 9.40. The summed E-state index contributed by atoms with van der Waals surface area (Å²) >= 11 is 0. The normalized spacial score (nSPS) is 20.9. The molecular formula is C28H55N2O+. The van der Waals surface area contributed by atoms with Gasteiger partial charge in [-0.05, 0) is 39.0 Å². The number of likely N-dealkylation sites (N-methyl/N-ethyl adjacent to an activating group) is 1. The molecule has 0 saturated heterocycles. The Morgan fingerprint density at radius 2 is 1.29 bits per heavy atom. The number of unbranched alkanes of at least 4 members (excludes halogenated alkanes) is 15. The lowest BCUT2D eigenvalue weighted by Gasteiger charge is -2.37. The van der Waals surface area contributed by atoms with Crippen LogP contribution >= 0.6 is 0 Å². The molecule has 0 bridgehead atoms. The Morgan fingerprint density at radius 1 is 0.774 bits per heavy atom. The Hall–Kier alpha value is -0.670. The van der Waals surface area contributed by atoms with E-state index in [1.54, 1.807) is 0 Å². The van der Waals surface area contributed by atoms with Crippen molar-refractivity contribution in [2.24, 2.45) is 4.99 Å². The predicted molar refractivity (Wildman–Crippen MR) is 138 cm³/mol. The predicted octanol–water partition coefficient (Wildman–Crippen LogP) is 7.82. The number of aliphatic imine (C=N–C) groups is 1. The Bertz CT molecular complexity index is 448. The van der Waals surface area contributed by atoms with Crippen molar-refractivity contribution in [2.75, 3.05) is 26.2 Å². The van der Waals surface area contributed by atoms with Crippen LogP contribution in [0.2, 0.25) is 0 Å². The van der Waals surface area contributed by atoms with Crippen molar-refractivity contribution in [3.05, 3.63) is 12.2 Å². The van der Waals surface area contributed by atoms with Crippen molar-refractivity contribution in [1.82, 2.24) is 0 Å². The zero-order valence-corrected chi connectivity index (χ0v) is 21.2. The second-order valence-electron chi connectivity index (χ2n) is 9.76. The number of aliphatic hydroxyl groups is 1. The molecule has 0 fully saturated rings. The summed E-state index contributed by atoms with van der Waals surface area (Å²) in [4.78, 5) is 4.73. The molecule has 3 heteroatoms. The van der Waals surface area contributed by atoms with Gasteiger partial charge in [0.15, 0.2) is 6.17 Å². The number of hydrogen-bond acceptors (Lipinski definition) is 2. The first-order chi connectivity index (χ1) is 15.3. The summed E-state index contributed by atoms with van der Waals surface area (Å²) in [6.07, 6.45) is 32.0. The summed E-state index contributed by atoms with van der Waals surface area (Å²) in [7, 11) is 0. The van der Waals surface area contributed by atoms with Crippen molar-refractivity contribution in [3.8, 4) is 0 Å². The summed E-state index contributed by atoms with van der Waals surface area (Å²) in [6, 6.07) is 0. The molecule has 1 aliphatic rings. The molecule has 0 aromatic carbocycles. The van der Waals surface area contributed by atoms with Crippen LogP contribution in [-0.4, -0.2) is 48.2 Å². The van der Waals surface area contributed by atoms with E-state index in [2.05, 4.69) is 32.2 Å². The van der Waals surface area contributed by atoms with E-state index in [0.717, 1.165) is 24.1 Å². The first kappa shape index (κ1) is 28.4. The Labute approximate surface area is 195 Å². The van der Waals surface area contributed by atoms with Crippen LogP contribution in [0.1, 0.15) is 129 Å². The fourth-order valence-electron chi connectivity index (χ4n) is 4.99. The SMILES string of the molecule is CCCCC/C=C/CCCCCCCCCCCCCCC1N=CC[N+]1(CC)CCO. The van der Waals surface area contributed by atoms with Crippen LogP contribution in [0.3, 0.4) is 0 Å². The molecule has 1 heterocycles. The minimum absolute atomic E-state index is 0.282. The number of allylic oxidation sites excluding steroid dienone is 2. The number of quaternary nitrogens is 1. The van der Waals surface area contributed by atoms with Gasteiger partial charge in [0.25, 0.3) is 0 Å². The van der Waals surface area contributed by atoms with E-state index in [9.17, 15) is 5.11 Å². The van der Waals surface area contributed by atoms with Crippen LogP contribution in [0.25, 0.3) is 0 Å². The van der Waals surface area contributed by atoms with Gasteiger partial charge in [0, 0.05) is 6.42 Å². The summed E-state index contributed by atoms with van der Waals surface area (Å²) in [5.41, 5.74) is 0. The quantitative estimate of drug-likeness (QED) is 0.105. The third-order valence-corrected chi connectivity index (χ3v) is 7.25. The van der Waals surface area contributed by atoms with Crippen LogP contribution in [-0.2, 0) is 0 Å². The lowest BCUT2D eigenvalue weighted by atomic mass is 10.0. The fraction of sp³-hybridized carbons (Fsp3) is 0.893. The molecule has 0 radical (unpaired) electrons. The Kier molecular flexibility index (Phi) is 18.3. The molecule has 0 saturated carbocycles. The standard InChI is InChI=1S/C28H55N2O/c1-3-5-6-7-8-9-10-11-12-13-14-15-16-17-18-19-20-21-22-23-28-29-24-25-30(28,4-2)26-27-31/h8-9,24,28,31H,3-7,10-23,25-27H2,1-2H3/q+1/b9-8+. The molecule has 2 atom stereocenters. The van der Waals surface area contributed by atoms with Gasteiger partial charge in [0.1, 0.15) is 13.1 Å². The van der Waals surface area contributed by atoms with Gasteiger partial charge in [-0.1, -0.05) is 96.1 Å². The average Bonchev–Trinajstić information content (AvgIpc) is 3.18. The first-order valence-corrected chi connectivity index (χ1v) is 13.9. The number of aliphatic hydroxyl groups excluding tert-OH is 1. The van der Waals surface area contributed by atoms with Gasteiger partial charge in [-0.25, -0.2) is 4.99 Å². The highest BCUT2D eigenvalue weighted by Crippen LogP contribution is 2.24. The highest BCUT2D eigenvalue weighted by atomic mass is 16.3. The van der Waals surface area contributed by atoms with Crippen molar-refractivity contribution in [1.29, 1.82) is 0 Å². The monoisotopic (exact) mass is 435 g/mol. The molecule has 1 rings (SSSR count). The topological polar surface area (TPSA) is 32.6 Å². The minimum Gasteiger partial charge on any atom is -0.391 e. The van der Waals surface area contributed by atoms with Gasteiger partial charge in [0.2, 0.25) is 0 Å². The summed E-state index contributed by atoms with van der Waals surface area (Å²) < 4.78 is 0.978. The van der Waals surface area contributed by atoms with Gasteiger partial charge in [-0.15, -0.1) is 0 Å². The van der Waals surface area contributed by atoms with Crippen LogP contribution in [0, 0.1) is 0 Å². The molecule has 0 spiro atoms. The van der Waals surface area contributed by atoms with E-state index in [1.807, 2.05) is 0 Å². The fourth-order valence-corrected chi connectivity index (χ4v) is 4.99. The average molecular weight is 436 g/mol. The molecule has 0 amide bonds. The van der Waals surface area contributed by atoms with E-state index in [4.69, 9.17) is 4.99 Å². The molecular weight excluding hydrogens is 380 g/mol. The Morgan fingerprint density at radius 3 is 1.81 bits per heavy atom. The zero-order chi connectivity index (χ0) is 22.5. The zero-order valence-electron chi connectivity index (χ0n) is 21.2. The van der Waals surface area contributed by atoms with Crippen LogP contribution in [0.5, 0.6) is 0 Å². The van der Waals surface area contributed by atoms with E-state index >= 15 is 0 Å². The van der Waals surface area contributed by atoms with E-state index in [-0.39, 0.29) is 6.61 Å². The van der Waals surface area contributed by atoms with Crippen molar-refractivity contribution in [2.45, 2.75) is 136 Å². The first-order valence-electron chi connectivity index (χ1n) is 13.9. The largest absolute Gasteiger partial charge is 0.391 e. The van der Waals surface area contributed by atoms with Crippen LogP contribution < -0.4 is 0 Å². The third-order valence-electron chi connectivity index (χ3n) is 7.25. The molecule has 1 aliphatic heterocycles. The van der Waals surface area contributed by atoms with E-state index < -0.39 is 0 Å². The van der Waals surface area contributed by atoms with Crippen molar-refractivity contribution >= 4 is 6.21 Å². The number of rotatable bonds is 22. The lowest BCUT2D eigenvalue weighted by Crippen LogP contribution is -2.53.